The van der Waals surface area contributed by atoms with Gasteiger partial charge in [-0.15, -0.1) is 0 Å². The maximum Gasteiger partial charge on any atom is 0.258 e. The van der Waals surface area contributed by atoms with Crippen molar-refractivity contribution < 1.29 is 9.21 Å². The van der Waals surface area contributed by atoms with Gasteiger partial charge in [0.2, 0.25) is 5.22 Å². The number of alkyl halides is 1. The lowest BCUT2D eigenvalue weighted by molar-refractivity contribution is 0.0663. The number of carbonyl (C=O) groups is 1. The molecule has 15 heavy (non-hydrogen) atoms. The van der Waals surface area contributed by atoms with Crippen molar-refractivity contribution in [1.82, 2.24) is 4.90 Å². The molecule has 0 atom stereocenters. The first-order valence-electron chi connectivity index (χ1n) is 4.47. The number of nitrogens with zero attached hydrogens (tertiary/aromatic N) is 1. The lowest BCUT2D eigenvalue weighted by Crippen LogP contribution is -2.46. The van der Waals surface area contributed by atoms with Crippen LogP contribution in [0.2, 0.25) is 5.22 Å². The third kappa shape index (κ3) is 2.55. The molecular formula is C10H13BrClNO2. The number of amides is 1. The summed E-state index contributed by atoms with van der Waals surface area (Å²) in [6.45, 7) is 3.93. The summed E-state index contributed by atoms with van der Waals surface area (Å²) in [6.07, 6.45) is 1.41. The van der Waals surface area contributed by atoms with Crippen molar-refractivity contribution in [2.24, 2.45) is 0 Å². The Labute approximate surface area is 103 Å². The summed E-state index contributed by atoms with van der Waals surface area (Å²) >= 11 is 9.12. The minimum Gasteiger partial charge on any atom is -0.452 e. The number of carbonyl (C=O) groups excluding carboxylic acids is 1. The smallest absolute Gasteiger partial charge is 0.258 e. The summed E-state index contributed by atoms with van der Waals surface area (Å²) < 4.78 is 4.89. The largest absolute Gasteiger partial charge is 0.452 e. The summed E-state index contributed by atoms with van der Waals surface area (Å²) in [7, 11) is 1.74. The fourth-order valence-electron chi connectivity index (χ4n) is 0.991. The summed E-state index contributed by atoms with van der Waals surface area (Å²) in [6, 6.07) is 1.57. The fourth-order valence-corrected chi connectivity index (χ4v) is 1.56. The van der Waals surface area contributed by atoms with Crippen LogP contribution in [-0.4, -0.2) is 28.7 Å². The van der Waals surface area contributed by atoms with Crippen LogP contribution in [0, 0.1) is 0 Å². The second-order valence-electron chi connectivity index (χ2n) is 3.92. The van der Waals surface area contributed by atoms with Gasteiger partial charge >= 0.3 is 0 Å². The third-order valence-electron chi connectivity index (χ3n) is 2.39. The van der Waals surface area contributed by atoms with E-state index < -0.39 is 0 Å². The van der Waals surface area contributed by atoms with Gasteiger partial charge in [0.05, 0.1) is 11.8 Å². The Hall–Kier alpha value is -0.480. The molecule has 0 N–H and O–H groups in total. The summed E-state index contributed by atoms with van der Waals surface area (Å²) in [5, 5.41) is 0.828. The van der Waals surface area contributed by atoms with E-state index in [4.69, 9.17) is 16.0 Å². The lowest BCUT2D eigenvalue weighted by Gasteiger charge is -2.33. The van der Waals surface area contributed by atoms with Crippen molar-refractivity contribution >= 4 is 33.4 Å². The van der Waals surface area contributed by atoms with E-state index >= 15 is 0 Å². The van der Waals surface area contributed by atoms with Crippen molar-refractivity contribution in [3.05, 3.63) is 23.1 Å². The Balaban J connectivity index is 2.92. The van der Waals surface area contributed by atoms with E-state index in [1.165, 1.54) is 6.26 Å². The van der Waals surface area contributed by atoms with Crippen LogP contribution in [0.4, 0.5) is 0 Å². The number of halogens is 2. The van der Waals surface area contributed by atoms with Crippen LogP contribution in [-0.2, 0) is 0 Å². The first-order valence-corrected chi connectivity index (χ1v) is 5.97. The van der Waals surface area contributed by atoms with Gasteiger partial charge in [0.15, 0.2) is 0 Å². The summed E-state index contributed by atoms with van der Waals surface area (Å²) in [4.78, 5) is 13.6. The molecule has 0 aliphatic carbocycles. The van der Waals surface area contributed by atoms with Gasteiger partial charge in [0.1, 0.15) is 0 Å². The Morgan fingerprint density at radius 3 is 2.67 bits per heavy atom. The molecular weight excluding hydrogens is 281 g/mol. The number of hydrogen-bond donors (Lipinski definition) is 0. The van der Waals surface area contributed by atoms with E-state index in [-0.39, 0.29) is 16.7 Å². The zero-order chi connectivity index (χ0) is 11.6. The molecule has 1 aromatic rings. The van der Waals surface area contributed by atoms with E-state index in [1.54, 1.807) is 18.0 Å². The molecule has 0 spiro atoms. The molecule has 3 nitrogen and oxygen atoms in total. The molecule has 1 aromatic heterocycles. The third-order valence-corrected chi connectivity index (χ3v) is 4.05. The monoisotopic (exact) mass is 293 g/mol. The molecule has 0 fully saturated rings. The van der Waals surface area contributed by atoms with Crippen LogP contribution in [0.15, 0.2) is 16.7 Å². The maximum atomic E-state index is 12.0. The molecule has 0 aliphatic rings. The zero-order valence-corrected chi connectivity index (χ0v) is 11.2. The van der Waals surface area contributed by atoms with E-state index in [0.29, 0.717) is 10.9 Å². The minimum absolute atomic E-state index is 0.136. The van der Waals surface area contributed by atoms with Crippen LogP contribution >= 0.6 is 27.5 Å². The SMILES string of the molecule is CN(C(=O)c1ccoc1Cl)C(C)(C)CBr. The zero-order valence-electron chi connectivity index (χ0n) is 8.88. The molecule has 84 valence electrons. The van der Waals surface area contributed by atoms with E-state index in [9.17, 15) is 4.79 Å². The van der Waals surface area contributed by atoms with Crippen molar-refractivity contribution in [2.45, 2.75) is 19.4 Å². The van der Waals surface area contributed by atoms with Gasteiger partial charge in [-0.2, -0.15) is 0 Å². The average molecular weight is 295 g/mol. The Morgan fingerprint density at radius 1 is 1.67 bits per heavy atom. The van der Waals surface area contributed by atoms with Crippen LogP contribution < -0.4 is 0 Å². The molecule has 0 aromatic carbocycles. The van der Waals surface area contributed by atoms with Gasteiger partial charge in [-0.25, -0.2) is 0 Å². The molecule has 5 heteroatoms. The van der Waals surface area contributed by atoms with Crippen molar-refractivity contribution in [1.29, 1.82) is 0 Å². The Kier molecular flexibility index (Phi) is 3.84. The predicted octanol–water partition coefficient (Wildman–Crippen LogP) is 3.18. The normalized spacial score (nSPS) is 11.5. The topological polar surface area (TPSA) is 33.5 Å². The highest BCUT2D eigenvalue weighted by Gasteiger charge is 2.29. The van der Waals surface area contributed by atoms with Crippen molar-refractivity contribution in [2.75, 3.05) is 12.4 Å². The van der Waals surface area contributed by atoms with Gasteiger partial charge < -0.3 is 9.32 Å². The Bertz CT molecular complexity index is 362. The van der Waals surface area contributed by atoms with E-state index in [2.05, 4.69) is 15.9 Å². The fraction of sp³-hybridized carbons (Fsp3) is 0.500. The number of furan rings is 1. The highest BCUT2D eigenvalue weighted by molar-refractivity contribution is 9.09. The standard InChI is InChI=1S/C10H13BrClNO2/c1-10(2,6-11)13(3)9(14)7-4-5-15-8(7)12/h4-5H,6H2,1-3H3. The lowest BCUT2D eigenvalue weighted by atomic mass is 10.1. The predicted molar refractivity (Wildman–Crippen MR) is 63.7 cm³/mol. The minimum atomic E-state index is -0.266. The number of hydrogen-bond acceptors (Lipinski definition) is 2. The quantitative estimate of drug-likeness (QED) is 0.802. The Morgan fingerprint density at radius 2 is 2.27 bits per heavy atom. The molecule has 1 heterocycles. The van der Waals surface area contributed by atoms with E-state index in [1.807, 2.05) is 13.8 Å². The van der Waals surface area contributed by atoms with Crippen molar-refractivity contribution in [3.8, 4) is 0 Å². The van der Waals surface area contributed by atoms with Gasteiger partial charge in [0.25, 0.3) is 5.91 Å². The molecule has 0 unspecified atom stereocenters. The molecule has 0 radical (unpaired) electrons. The number of rotatable bonds is 3. The highest BCUT2D eigenvalue weighted by atomic mass is 79.9. The summed E-state index contributed by atoms with van der Waals surface area (Å²) in [5.74, 6) is -0.141. The van der Waals surface area contributed by atoms with Gasteiger partial charge in [-0.3, -0.25) is 4.79 Å². The molecule has 0 bridgehead atoms. The van der Waals surface area contributed by atoms with Gasteiger partial charge in [-0.05, 0) is 31.5 Å². The molecule has 1 amide bonds. The van der Waals surface area contributed by atoms with E-state index in [0.717, 1.165) is 0 Å². The summed E-state index contributed by atoms with van der Waals surface area (Å²) in [5.41, 5.74) is 0.130. The van der Waals surface area contributed by atoms with Crippen LogP contribution in [0.3, 0.4) is 0 Å². The van der Waals surface area contributed by atoms with Crippen LogP contribution in [0.5, 0.6) is 0 Å². The van der Waals surface area contributed by atoms with Gasteiger partial charge in [-0.1, -0.05) is 15.9 Å². The maximum absolute atomic E-state index is 12.0. The van der Waals surface area contributed by atoms with Crippen LogP contribution in [0.25, 0.3) is 0 Å². The second kappa shape index (κ2) is 4.58. The van der Waals surface area contributed by atoms with Crippen molar-refractivity contribution in [3.63, 3.8) is 0 Å². The average Bonchev–Trinajstić information content (AvgIpc) is 2.62. The highest BCUT2D eigenvalue weighted by Crippen LogP contribution is 2.23. The first-order chi connectivity index (χ1) is 6.90. The van der Waals surface area contributed by atoms with Gasteiger partial charge in [0, 0.05) is 17.9 Å². The molecule has 0 saturated heterocycles. The first kappa shape index (κ1) is 12.6. The molecule has 1 rings (SSSR count). The second-order valence-corrected chi connectivity index (χ2v) is 4.82. The molecule has 0 aliphatic heterocycles. The van der Waals surface area contributed by atoms with Crippen LogP contribution in [0.1, 0.15) is 24.2 Å². The molecule has 0 saturated carbocycles.